The summed E-state index contributed by atoms with van der Waals surface area (Å²) in [5.41, 5.74) is 0.476. The van der Waals surface area contributed by atoms with Gasteiger partial charge >= 0.3 is 0 Å². The van der Waals surface area contributed by atoms with Gasteiger partial charge in [-0.3, -0.25) is 14.8 Å². The number of nitro groups is 1. The molecule has 0 amide bonds. The Kier molecular flexibility index (Phi) is 4.60. The summed E-state index contributed by atoms with van der Waals surface area (Å²) in [6.45, 7) is 0. The Labute approximate surface area is 136 Å². The number of sulfonamides is 1. The Balaban J connectivity index is 2.58. The number of nitrogens with one attached hydrogen (secondary N) is 1. The monoisotopic (exact) mass is 359 g/mol. The van der Waals surface area contributed by atoms with Crippen LogP contribution in [0.1, 0.15) is 0 Å². The third-order valence-electron chi connectivity index (χ3n) is 2.67. The summed E-state index contributed by atoms with van der Waals surface area (Å²) in [6, 6.07) is 9.52. The fourth-order valence-electron chi connectivity index (χ4n) is 1.87. The highest BCUT2D eigenvalue weighted by atomic mass is 35.5. The van der Waals surface area contributed by atoms with Gasteiger partial charge in [0.05, 0.1) is 26.8 Å². The number of hydrogen-bond donors (Lipinski definition) is 1. The molecule has 2 rings (SSSR count). The van der Waals surface area contributed by atoms with Crippen LogP contribution in [0.25, 0.3) is 11.1 Å². The molecular weight excluding hydrogens is 351 g/mol. The van der Waals surface area contributed by atoms with Crippen molar-refractivity contribution < 1.29 is 13.3 Å². The molecule has 1 N–H and O–H groups in total. The van der Waals surface area contributed by atoms with Crippen LogP contribution < -0.4 is 4.72 Å². The molecule has 2 aromatic rings. The lowest BCUT2D eigenvalue weighted by atomic mass is 10.0. The van der Waals surface area contributed by atoms with Gasteiger partial charge in [0.1, 0.15) is 0 Å². The van der Waals surface area contributed by atoms with Crippen LogP contribution in [0.3, 0.4) is 0 Å². The predicted molar refractivity (Wildman–Crippen MR) is 85.9 cm³/mol. The molecule has 0 unspecified atom stereocenters. The van der Waals surface area contributed by atoms with E-state index in [4.69, 9.17) is 23.2 Å². The van der Waals surface area contributed by atoms with Crippen molar-refractivity contribution in [1.29, 1.82) is 0 Å². The van der Waals surface area contributed by atoms with Crippen molar-refractivity contribution in [3.05, 3.63) is 56.6 Å². The molecule has 2 aromatic carbocycles. The minimum atomic E-state index is -3.45. The predicted octanol–water partition coefficient (Wildman–Crippen LogP) is 3.74. The number of nitrogens with zero attached hydrogens (tertiary/aromatic N) is 1. The van der Waals surface area contributed by atoms with E-state index >= 15 is 0 Å². The molecule has 0 saturated carbocycles. The smallest absolute Gasteiger partial charge is 0.278 e. The number of benzene rings is 2. The van der Waals surface area contributed by atoms with Gasteiger partial charge < -0.3 is 0 Å². The number of nitro benzene ring substituents is 1. The molecule has 9 heteroatoms. The summed E-state index contributed by atoms with van der Waals surface area (Å²) in [4.78, 5) is 10.5. The van der Waals surface area contributed by atoms with E-state index in [1.807, 2.05) is 0 Å². The van der Waals surface area contributed by atoms with Crippen LogP contribution in [0, 0.1) is 16.2 Å². The summed E-state index contributed by atoms with van der Waals surface area (Å²) in [6.07, 6.45) is 1.00. The second kappa shape index (κ2) is 6.12. The average Bonchev–Trinajstić information content (AvgIpc) is 2.37. The normalized spacial score (nSPS) is 11.2. The Hall–Kier alpha value is -1.83. The second-order valence-electron chi connectivity index (χ2n) is 4.38. The van der Waals surface area contributed by atoms with Gasteiger partial charge in [0.25, 0.3) is 5.69 Å². The van der Waals surface area contributed by atoms with Crippen LogP contribution in [0.2, 0.25) is 10.0 Å². The lowest BCUT2D eigenvalue weighted by Crippen LogP contribution is -2.09. The molecule has 1 radical (unpaired) electrons. The molecule has 0 spiro atoms. The minimum Gasteiger partial charge on any atom is -0.284 e. The highest BCUT2D eigenvalue weighted by molar-refractivity contribution is 7.92. The molecule has 0 aromatic heterocycles. The van der Waals surface area contributed by atoms with Crippen LogP contribution in [0.4, 0.5) is 11.4 Å². The van der Waals surface area contributed by atoms with Crippen molar-refractivity contribution in [2.24, 2.45) is 0 Å². The van der Waals surface area contributed by atoms with Gasteiger partial charge in [-0.15, -0.1) is 0 Å². The zero-order chi connectivity index (χ0) is 16.5. The number of rotatable bonds is 4. The maximum Gasteiger partial charge on any atom is 0.278 e. The minimum absolute atomic E-state index is 0.0555. The van der Waals surface area contributed by atoms with Crippen molar-refractivity contribution in [3.8, 4) is 11.1 Å². The van der Waals surface area contributed by atoms with Gasteiger partial charge in [-0.05, 0) is 18.2 Å². The van der Waals surface area contributed by atoms with Crippen LogP contribution >= 0.6 is 23.2 Å². The molecule has 0 aliphatic carbocycles. The van der Waals surface area contributed by atoms with Gasteiger partial charge in [0, 0.05) is 23.4 Å². The van der Waals surface area contributed by atoms with Gasteiger partial charge in [-0.2, -0.15) is 0 Å². The van der Waals surface area contributed by atoms with E-state index in [1.165, 1.54) is 30.3 Å². The molecule has 0 saturated heterocycles. The third-order valence-corrected chi connectivity index (χ3v) is 3.88. The van der Waals surface area contributed by atoms with Crippen molar-refractivity contribution in [2.45, 2.75) is 0 Å². The summed E-state index contributed by atoms with van der Waals surface area (Å²) < 4.78 is 24.7. The van der Waals surface area contributed by atoms with Crippen molar-refractivity contribution >= 4 is 44.6 Å². The van der Waals surface area contributed by atoms with Gasteiger partial charge in [0.2, 0.25) is 10.0 Å². The van der Waals surface area contributed by atoms with Crippen molar-refractivity contribution in [3.63, 3.8) is 0 Å². The molecule has 115 valence electrons. The molecular formula is C13H9Cl2N2O4S. The zero-order valence-electron chi connectivity index (χ0n) is 11.1. The molecule has 0 atom stereocenters. The summed E-state index contributed by atoms with van der Waals surface area (Å²) in [5, 5.41) is 11.3. The first-order valence-corrected chi connectivity index (χ1v) is 8.46. The van der Waals surface area contributed by atoms with Crippen molar-refractivity contribution in [1.82, 2.24) is 0 Å². The fourth-order valence-corrected chi connectivity index (χ4v) is 2.96. The summed E-state index contributed by atoms with van der Waals surface area (Å²) in [5.74, 6) is 0. The van der Waals surface area contributed by atoms with E-state index in [-0.39, 0.29) is 27.0 Å². The van der Waals surface area contributed by atoms with Crippen LogP contribution in [-0.4, -0.2) is 19.6 Å². The SMILES string of the molecule is CS(=O)(=O)Nc1ccc(-c2c(Cl)[c]ccc2[N+](=O)[O-])c(Cl)c1. The first-order chi connectivity index (χ1) is 10.2. The maximum atomic E-state index is 11.2. The lowest BCUT2D eigenvalue weighted by molar-refractivity contribution is -0.384. The topological polar surface area (TPSA) is 89.3 Å². The molecule has 0 heterocycles. The Morgan fingerprint density at radius 3 is 2.50 bits per heavy atom. The van der Waals surface area contributed by atoms with E-state index in [0.29, 0.717) is 5.56 Å². The fraction of sp³-hybridized carbons (Fsp3) is 0.0769. The molecule has 0 fully saturated rings. The van der Waals surface area contributed by atoms with Gasteiger partial charge in [-0.25, -0.2) is 8.42 Å². The Bertz CT molecular complexity index is 853. The summed E-state index contributed by atoms with van der Waals surface area (Å²) in [7, 11) is -3.45. The average molecular weight is 360 g/mol. The molecule has 22 heavy (non-hydrogen) atoms. The van der Waals surface area contributed by atoms with Crippen LogP contribution in [0.5, 0.6) is 0 Å². The van der Waals surface area contributed by atoms with E-state index in [0.717, 1.165) is 6.26 Å². The number of halogens is 2. The summed E-state index contributed by atoms with van der Waals surface area (Å²) >= 11 is 12.1. The Morgan fingerprint density at radius 2 is 1.95 bits per heavy atom. The van der Waals surface area contributed by atoms with E-state index in [2.05, 4.69) is 10.8 Å². The molecule has 0 bridgehead atoms. The highest BCUT2D eigenvalue weighted by Crippen LogP contribution is 2.40. The van der Waals surface area contributed by atoms with Crippen LogP contribution in [-0.2, 0) is 10.0 Å². The highest BCUT2D eigenvalue weighted by Gasteiger charge is 2.21. The van der Waals surface area contributed by atoms with Crippen molar-refractivity contribution in [2.75, 3.05) is 11.0 Å². The number of anilines is 1. The molecule has 0 aliphatic heterocycles. The number of hydrogen-bond acceptors (Lipinski definition) is 4. The lowest BCUT2D eigenvalue weighted by Gasteiger charge is -2.10. The zero-order valence-corrected chi connectivity index (χ0v) is 13.5. The van der Waals surface area contributed by atoms with Gasteiger partial charge in [0.15, 0.2) is 0 Å². The quantitative estimate of drug-likeness (QED) is 0.664. The standard InChI is InChI=1S/C13H9Cl2N2O4S/c1-22(20,21)16-8-5-6-9(11(15)7-8)13-10(14)3-2-4-12(13)17(18)19/h2,4-7,16H,1H3. The first kappa shape index (κ1) is 16.5. The molecule has 0 aliphatic rings. The third kappa shape index (κ3) is 3.68. The van der Waals surface area contributed by atoms with Crippen LogP contribution in [0.15, 0.2) is 30.3 Å². The van der Waals surface area contributed by atoms with E-state index < -0.39 is 14.9 Å². The first-order valence-electron chi connectivity index (χ1n) is 5.81. The largest absolute Gasteiger partial charge is 0.284 e. The Morgan fingerprint density at radius 1 is 1.27 bits per heavy atom. The maximum absolute atomic E-state index is 11.2. The molecule has 6 nitrogen and oxygen atoms in total. The van der Waals surface area contributed by atoms with E-state index in [1.54, 1.807) is 0 Å². The van der Waals surface area contributed by atoms with Gasteiger partial charge in [-0.1, -0.05) is 29.3 Å². The van der Waals surface area contributed by atoms with E-state index in [9.17, 15) is 18.5 Å². The second-order valence-corrected chi connectivity index (χ2v) is 6.91.